The fourth-order valence-electron chi connectivity index (χ4n) is 2.48. The first-order chi connectivity index (χ1) is 8.04. The Labute approximate surface area is 104 Å². The Balaban J connectivity index is 2.19. The first-order valence-electron chi connectivity index (χ1n) is 6.55. The highest BCUT2D eigenvalue weighted by molar-refractivity contribution is 5.66. The smallest absolute Gasteiger partial charge is 0.0631 e. The van der Waals surface area contributed by atoms with Crippen molar-refractivity contribution in [1.29, 1.82) is 0 Å². The lowest BCUT2D eigenvalue weighted by Gasteiger charge is -2.18. The minimum atomic E-state index is -0.625. The molecule has 0 saturated heterocycles. The van der Waals surface area contributed by atoms with Crippen LogP contribution in [0.25, 0.3) is 5.57 Å². The van der Waals surface area contributed by atoms with Crippen LogP contribution in [0.15, 0.2) is 30.3 Å². The van der Waals surface area contributed by atoms with Crippen molar-refractivity contribution in [3.63, 3.8) is 0 Å². The van der Waals surface area contributed by atoms with E-state index in [4.69, 9.17) is 0 Å². The summed E-state index contributed by atoms with van der Waals surface area (Å²) in [6.07, 6.45) is 8.13. The minimum absolute atomic E-state index is 0.625. The Hall–Kier alpha value is -1.08. The van der Waals surface area contributed by atoms with Crippen LogP contribution in [0.1, 0.15) is 50.7 Å². The fraction of sp³-hybridized carbons (Fsp3) is 0.500. The van der Waals surface area contributed by atoms with E-state index in [2.05, 4.69) is 30.3 Å². The molecule has 92 valence electrons. The molecule has 17 heavy (non-hydrogen) atoms. The molecular weight excluding hydrogens is 208 g/mol. The van der Waals surface area contributed by atoms with Gasteiger partial charge in [0.2, 0.25) is 0 Å². The molecule has 0 radical (unpaired) electrons. The molecule has 0 unspecified atom stereocenters. The third-order valence-corrected chi connectivity index (χ3v) is 3.23. The van der Waals surface area contributed by atoms with Gasteiger partial charge in [-0.2, -0.15) is 0 Å². The zero-order valence-corrected chi connectivity index (χ0v) is 10.9. The molecule has 0 heterocycles. The van der Waals surface area contributed by atoms with Crippen molar-refractivity contribution in [2.24, 2.45) is 0 Å². The lowest BCUT2D eigenvalue weighted by atomic mass is 9.91. The van der Waals surface area contributed by atoms with Crippen LogP contribution in [0.3, 0.4) is 0 Å². The number of aliphatic hydroxyl groups is 1. The molecule has 0 amide bonds. The molecule has 1 heteroatoms. The number of hydrogen-bond donors (Lipinski definition) is 1. The number of hydrogen-bond acceptors (Lipinski definition) is 1. The van der Waals surface area contributed by atoms with E-state index in [1.807, 2.05) is 13.8 Å². The van der Waals surface area contributed by atoms with Crippen LogP contribution in [0.2, 0.25) is 0 Å². The third kappa shape index (κ3) is 3.71. The summed E-state index contributed by atoms with van der Waals surface area (Å²) in [5.74, 6) is 0. The largest absolute Gasteiger partial charge is 0.390 e. The lowest BCUT2D eigenvalue weighted by Crippen LogP contribution is -2.21. The molecule has 2 rings (SSSR count). The second kappa shape index (κ2) is 5.05. The molecule has 1 aromatic rings. The molecular formula is C16H22O. The predicted octanol–water partition coefficient (Wildman–Crippen LogP) is 3.96. The van der Waals surface area contributed by atoms with Crippen molar-refractivity contribution < 1.29 is 5.11 Å². The zero-order valence-electron chi connectivity index (χ0n) is 10.9. The molecule has 0 fully saturated rings. The van der Waals surface area contributed by atoms with Gasteiger partial charge in [0.1, 0.15) is 0 Å². The van der Waals surface area contributed by atoms with Gasteiger partial charge in [0.05, 0.1) is 5.60 Å². The minimum Gasteiger partial charge on any atom is -0.390 e. The molecule has 0 saturated carbocycles. The van der Waals surface area contributed by atoms with Crippen LogP contribution in [-0.4, -0.2) is 10.7 Å². The van der Waals surface area contributed by atoms with Gasteiger partial charge in [-0.15, -0.1) is 0 Å². The van der Waals surface area contributed by atoms with Crippen LogP contribution in [0.5, 0.6) is 0 Å². The summed E-state index contributed by atoms with van der Waals surface area (Å²) in [4.78, 5) is 0. The average Bonchev–Trinajstić information content (AvgIpc) is 2.28. The topological polar surface area (TPSA) is 20.2 Å². The van der Waals surface area contributed by atoms with Crippen LogP contribution in [0.4, 0.5) is 0 Å². The average molecular weight is 230 g/mol. The molecule has 0 spiro atoms. The second-order valence-electron chi connectivity index (χ2n) is 5.66. The highest BCUT2D eigenvalue weighted by Crippen LogP contribution is 2.27. The molecule has 0 aliphatic heterocycles. The van der Waals surface area contributed by atoms with Crippen molar-refractivity contribution in [2.45, 2.75) is 51.6 Å². The maximum absolute atomic E-state index is 9.86. The van der Waals surface area contributed by atoms with Crippen molar-refractivity contribution in [2.75, 3.05) is 0 Å². The number of benzene rings is 1. The Morgan fingerprint density at radius 2 is 2.06 bits per heavy atom. The highest BCUT2D eigenvalue weighted by atomic mass is 16.3. The maximum Gasteiger partial charge on any atom is 0.0631 e. The Kier molecular flexibility index (Phi) is 3.68. The molecule has 0 atom stereocenters. The monoisotopic (exact) mass is 230 g/mol. The van der Waals surface area contributed by atoms with Crippen LogP contribution in [-0.2, 0) is 6.42 Å². The van der Waals surface area contributed by atoms with E-state index in [0.29, 0.717) is 6.42 Å². The molecule has 0 bridgehead atoms. The van der Waals surface area contributed by atoms with Crippen LogP contribution < -0.4 is 0 Å². The van der Waals surface area contributed by atoms with Gasteiger partial charge >= 0.3 is 0 Å². The molecule has 1 aliphatic rings. The van der Waals surface area contributed by atoms with Gasteiger partial charge < -0.3 is 5.11 Å². The highest BCUT2D eigenvalue weighted by Gasteiger charge is 2.14. The second-order valence-corrected chi connectivity index (χ2v) is 5.66. The van der Waals surface area contributed by atoms with E-state index in [1.54, 1.807) is 0 Å². The van der Waals surface area contributed by atoms with Gasteiger partial charge in [-0.25, -0.2) is 0 Å². The lowest BCUT2D eigenvalue weighted by molar-refractivity contribution is 0.0810. The van der Waals surface area contributed by atoms with Gasteiger partial charge in [-0.05, 0) is 56.2 Å². The fourth-order valence-corrected chi connectivity index (χ4v) is 2.48. The summed E-state index contributed by atoms with van der Waals surface area (Å²) in [5.41, 5.74) is 3.42. The van der Waals surface area contributed by atoms with Gasteiger partial charge in [0.15, 0.2) is 0 Å². The first-order valence-corrected chi connectivity index (χ1v) is 6.55. The zero-order chi connectivity index (χ0) is 12.3. The number of rotatable bonds is 3. The van der Waals surface area contributed by atoms with Crippen molar-refractivity contribution >= 4 is 5.57 Å². The SMILES string of the molecule is CC(C)(O)Cc1cccc(C2=CCCCC2)c1. The maximum atomic E-state index is 9.86. The van der Waals surface area contributed by atoms with Gasteiger partial charge in [-0.1, -0.05) is 30.3 Å². The molecule has 1 aromatic carbocycles. The quantitative estimate of drug-likeness (QED) is 0.833. The third-order valence-electron chi connectivity index (χ3n) is 3.23. The van der Waals surface area contributed by atoms with E-state index in [0.717, 1.165) is 0 Å². The van der Waals surface area contributed by atoms with Gasteiger partial charge in [-0.3, -0.25) is 0 Å². The standard InChI is InChI=1S/C16H22O/c1-16(2,17)12-13-7-6-10-15(11-13)14-8-4-3-5-9-14/h6-8,10-11,17H,3-5,9,12H2,1-2H3. The van der Waals surface area contributed by atoms with E-state index in [1.165, 1.54) is 42.4 Å². The van der Waals surface area contributed by atoms with E-state index >= 15 is 0 Å². The van der Waals surface area contributed by atoms with E-state index in [9.17, 15) is 5.11 Å². The summed E-state index contributed by atoms with van der Waals surface area (Å²) in [6, 6.07) is 8.62. The molecule has 1 N–H and O–H groups in total. The Morgan fingerprint density at radius 1 is 1.24 bits per heavy atom. The summed E-state index contributed by atoms with van der Waals surface area (Å²) >= 11 is 0. The summed E-state index contributed by atoms with van der Waals surface area (Å²) < 4.78 is 0. The first kappa shape index (κ1) is 12.4. The Morgan fingerprint density at radius 3 is 2.71 bits per heavy atom. The number of allylic oxidation sites excluding steroid dienone is 2. The normalized spacial score (nSPS) is 16.8. The van der Waals surface area contributed by atoms with Crippen LogP contribution in [0, 0.1) is 0 Å². The molecule has 0 aromatic heterocycles. The summed E-state index contributed by atoms with van der Waals surface area (Å²) in [5, 5.41) is 9.86. The van der Waals surface area contributed by atoms with Crippen molar-refractivity contribution in [3.05, 3.63) is 41.5 Å². The van der Waals surface area contributed by atoms with Crippen molar-refractivity contribution in [1.82, 2.24) is 0 Å². The molecule has 1 nitrogen and oxygen atoms in total. The van der Waals surface area contributed by atoms with Crippen molar-refractivity contribution in [3.8, 4) is 0 Å². The van der Waals surface area contributed by atoms with Gasteiger partial charge in [0, 0.05) is 6.42 Å². The van der Waals surface area contributed by atoms with Crippen LogP contribution >= 0.6 is 0 Å². The summed E-state index contributed by atoms with van der Waals surface area (Å²) in [7, 11) is 0. The summed E-state index contributed by atoms with van der Waals surface area (Å²) in [6.45, 7) is 3.72. The molecule has 1 aliphatic carbocycles. The van der Waals surface area contributed by atoms with E-state index in [-0.39, 0.29) is 0 Å². The Bertz CT molecular complexity index is 410. The predicted molar refractivity (Wildman–Crippen MR) is 72.9 cm³/mol. The van der Waals surface area contributed by atoms with Gasteiger partial charge in [0.25, 0.3) is 0 Å². The van der Waals surface area contributed by atoms with E-state index < -0.39 is 5.60 Å².